The van der Waals surface area contributed by atoms with Crippen LogP contribution in [-0.4, -0.2) is 22.2 Å². The summed E-state index contributed by atoms with van der Waals surface area (Å²) in [4.78, 5) is 10.2. The lowest BCUT2D eigenvalue weighted by atomic mass is 10.0. The van der Waals surface area contributed by atoms with Crippen molar-refractivity contribution in [3.05, 3.63) is 48.0 Å². The summed E-state index contributed by atoms with van der Waals surface area (Å²) in [6.07, 6.45) is 6.39. The van der Waals surface area contributed by atoms with E-state index in [0.717, 1.165) is 6.42 Å². The first-order chi connectivity index (χ1) is 8.61. The number of allylic oxidation sites excluding steroid dienone is 1. The summed E-state index contributed by atoms with van der Waals surface area (Å²) < 4.78 is 0. The molecule has 1 aromatic rings. The number of benzene rings is 1. The Hall–Kier alpha value is -1.65. The summed E-state index contributed by atoms with van der Waals surface area (Å²) in [5.74, 6) is -1.23. The number of aliphatic hydroxyl groups is 1. The van der Waals surface area contributed by atoms with Crippen LogP contribution in [0.5, 0.6) is 0 Å². The van der Waals surface area contributed by atoms with Crippen molar-refractivity contribution in [2.45, 2.75) is 31.4 Å². The molecule has 0 spiro atoms. The average molecular weight is 249 g/mol. The van der Waals surface area contributed by atoms with E-state index in [1.807, 2.05) is 0 Å². The molecule has 2 atom stereocenters. The third-order valence-electron chi connectivity index (χ3n) is 2.66. The van der Waals surface area contributed by atoms with Crippen molar-refractivity contribution in [1.82, 2.24) is 0 Å². The third-order valence-corrected chi connectivity index (χ3v) is 2.66. The summed E-state index contributed by atoms with van der Waals surface area (Å²) in [7, 11) is 0. The molecule has 4 nitrogen and oxygen atoms in total. The standard InChI is InChI=1S/C8H8O3.C6H11N/c9-7(8(10)11)6-4-2-1-3-5-6;7-6-4-2-1-3-5-6/h1-5,7,9H,(H,10,11);1-2,6H,3-5,7H2/t7-;/m0./s1. The molecule has 0 saturated carbocycles. The quantitative estimate of drug-likeness (QED) is 0.698. The van der Waals surface area contributed by atoms with E-state index in [4.69, 9.17) is 15.9 Å². The number of aliphatic carboxylic acids is 1. The van der Waals surface area contributed by atoms with Crippen LogP contribution in [0.2, 0.25) is 0 Å². The van der Waals surface area contributed by atoms with Gasteiger partial charge in [0, 0.05) is 6.04 Å². The minimum Gasteiger partial charge on any atom is -0.479 e. The molecular weight excluding hydrogens is 230 g/mol. The Bertz CT molecular complexity index is 389. The van der Waals surface area contributed by atoms with Crippen molar-refractivity contribution in [2.75, 3.05) is 0 Å². The van der Waals surface area contributed by atoms with E-state index in [9.17, 15) is 4.79 Å². The van der Waals surface area contributed by atoms with Crippen molar-refractivity contribution < 1.29 is 15.0 Å². The second kappa shape index (κ2) is 7.63. The minimum atomic E-state index is -1.41. The normalized spacial score (nSPS) is 19.6. The van der Waals surface area contributed by atoms with Gasteiger partial charge in [-0.1, -0.05) is 42.5 Å². The zero-order valence-electron chi connectivity index (χ0n) is 10.2. The van der Waals surface area contributed by atoms with E-state index in [2.05, 4.69) is 12.2 Å². The molecule has 18 heavy (non-hydrogen) atoms. The fourth-order valence-corrected chi connectivity index (χ4v) is 1.59. The van der Waals surface area contributed by atoms with Gasteiger partial charge in [-0.3, -0.25) is 0 Å². The Morgan fingerprint density at radius 3 is 2.33 bits per heavy atom. The van der Waals surface area contributed by atoms with Gasteiger partial charge in [0.05, 0.1) is 0 Å². The van der Waals surface area contributed by atoms with E-state index in [-0.39, 0.29) is 0 Å². The van der Waals surface area contributed by atoms with E-state index in [0.29, 0.717) is 11.6 Å². The monoisotopic (exact) mass is 249 g/mol. The highest BCUT2D eigenvalue weighted by atomic mass is 16.4. The smallest absolute Gasteiger partial charge is 0.337 e. The van der Waals surface area contributed by atoms with E-state index < -0.39 is 12.1 Å². The van der Waals surface area contributed by atoms with E-state index >= 15 is 0 Å². The number of hydrogen-bond donors (Lipinski definition) is 3. The van der Waals surface area contributed by atoms with Gasteiger partial charge >= 0.3 is 5.97 Å². The third kappa shape index (κ3) is 5.12. The molecule has 0 aliphatic heterocycles. The number of aliphatic hydroxyl groups excluding tert-OH is 1. The molecule has 1 aromatic carbocycles. The maximum atomic E-state index is 10.2. The molecule has 1 unspecified atom stereocenters. The molecule has 0 bridgehead atoms. The minimum absolute atomic E-state index is 0.403. The SMILES string of the molecule is NC1CC=CCC1.O=C(O)[C@@H](O)c1ccccc1. The fraction of sp³-hybridized carbons (Fsp3) is 0.357. The van der Waals surface area contributed by atoms with Crippen molar-refractivity contribution in [3.63, 3.8) is 0 Å². The van der Waals surface area contributed by atoms with Crippen molar-refractivity contribution in [2.24, 2.45) is 5.73 Å². The summed E-state index contributed by atoms with van der Waals surface area (Å²) in [6.45, 7) is 0. The van der Waals surface area contributed by atoms with E-state index in [1.165, 1.54) is 12.8 Å². The first-order valence-corrected chi connectivity index (χ1v) is 5.97. The molecule has 1 aliphatic rings. The molecule has 0 radical (unpaired) electrons. The van der Waals surface area contributed by atoms with Gasteiger partial charge in [-0.15, -0.1) is 0 Å². The number of carbonyl (C=O) groups is 1. The summed E-state index contributed by atoms with van der Waals surface area (Å²) in [5, 5.41) is 17.4. The maximum absolute atomic E-state index is 10.2. The number of rotatable bonds is 2. The highest BCUT2D eigenvalue weighted by Crippen LogP contribution is 2.11. The molecule has 1 aliphatic carbocycles. The molecular formula is C14H19NO3. The predicted molar refractivity (Wildman–Crippen MR) is 70.0 cm³/mol. The number of hydrogen-bond acceptors (Lipinski definition) is 3. The molecule has 4 heteroatoms. The largest absolute Gasteiger partial charge is 0.479 e. The topological polar surface area (TPSA) is 83.6 Å². The van der Waals surface area contributed by atoms with Gasteiger partial charge in [0.15, 0.2) is 6.10 Å². The summed E-state index contributed by atoms with van der Waals surface area (Å²) in [5.41, 5.74) is 5.99. The van der Waals surface area contributed by atoms with Gasteiger partial charge in [-0.25, -0.2) is 4.79 Å². The first kappa shape index (κ1) is 14.4. The number of carboxylic acid groups (broad SMARTS) is 1. The Morgan fingerprint density at radius 1 is 1.28 bits per heavy atom. The molecule has 2 rings (SSSR count). The van der Waals surface area contributed by atoms with Gasteiger partial charge < -0.3 is 15.9 Å². The fourth-order valence-electron chi connectivity index (χ4n) is 1.59. The zero-order chi connectivity index (χ0) is 13.4. The predicted octanol–water partition coefficient (Wildman–Crippen LogP) is 1.86. The van der Waals surface area contributed by atoms with Gasteiger partial charge in [0.25, 0.3) is 0 Å². The Balaban J connectivity index is 0.000000199. The highest BCUT2D eigenvalue weighted by molar-refractivity contribution is 5.73. The molecule has 0 aromatic heterocycles. The Morgan fingerprint density at radius 2 is 1.94 bits per heavy atom. The molecule has 98 valence electrons. The zero-order valence-corrected chi connectivity index (χ0v) is 10.2. The maximum Gasteiger partial charge on any atom is 0.337 e. The van der Waals surface area contributed by atoms with Crippen molar-refractivity contribution in [3.8, 4) is 0 Å². The van der Waals surface area contributed by atoms with Gasteiger partial charge in [0.1, 0.15) is 0 Å². The van der Waals surface area contributed by atoms with Crippen LogP contribution < -0.4 is 5.73 Å². The summed E-state index contributed by atoms with van der Waals surface area (Å²) in [6, 6.07) is 8.71. The van der Waals surface area contributed by atoms with Crippen LogP contribution in [0.3, 0.4) is 0 Å². The van der Waals surface area contributed by atoms with Crippen LogP contribution in [-0.2, 0) is 4.79 Å². The molecule has 0 fully saturated rings. The van der Waals surface area contributed by atoms with Gasteiger partial charge in [0.2, 0.25) is 0 Å². The number of nitrogens with two attached hydrogens (primary N) is 1. The van der Waals surface area contributed by atoms with Crippen LogP contribution in [0, 0.1) is 0 Å². The van der Waals surface area contributed by atoms with Crippen LogP contribution in [0.15, 0.2) is 42.5 Å². The molecule has 0 heterocycles. The van der Waals surface area contributed by atoms with Gasteiger partial charge in [-0.05, 0) is 24.8 Å². The highest BCUT2D eigenvalue weighted by Gasteiger charge is 2.14. The van der Waals surface area contributed by atoms with Gasteiger partial charge in [-0.2, -0.15) is 0 Å². The van der Waals surface area contributed by atoms with Crippen LogP contribution in [0.25, 0.3) is 0 Å². The lowest BCUT2D eigenvalue weighted by Gasteiger charge is -2.09. The van der Waals surface area contributed by atoms with E-state index in [1.54, 1.807) is 30.3 Å². The van der Waals surface area contributed by atoms with Crippen LogP contribution >= 0.6 is 0 Å². The number of carboxylic acids is 1. The van der Waals surface area contributed by atoms with Crippen molar-refractivity contribution >= 4 is 5.97 Å². The second-order valence-electron chi connectivity index (χ2n) is 4.20. The lowest BCUT2D eigenvalue weighted by Crippen LogP contribution is -2.19. The van der Waals surface area contributed by atoms with Crippen LogP contribution in [0.1, 0.15) is 30.9 Å². The van der Waals surface area contributed by atoms with Crippen LogP contribution in [0.4, 0.5) is 0 Å². The average Bonchev–Trinajstić information content (AvgIpc) is 2.40. The molecule has 0 amide bonds. The molecule has 4 N–H and O–H groups in total. The lowest BCUT2D eigenvalue weighted by molar-refractivity contribution is -0.146. The first-order valence-electron chi connectivity index (χ1n) is 5.97. The molecule has 0 saturated heterocycles. The second-order valence-corrected chi connectivity index (χ2v) is 4.20. The van der Waals surface area contributed by atoms with Crippen molar-refractivity contribution in [1.29, 1.82) is 0 Å². The Labute approximate surface area is 107 Å². The summed E-state index contributed by atoms with van der Waals surface area (Å²) >= 11 is 0. The Kier molecular flexibility index (Phi) is 6.11.